The van der Waals surface area contributed by atoms with E-state index in [1.807, 2.05) is 6.92 Å². The van der Waals surface area contributed by atoms with Gasteiger partial charge in [0, 0.05) is 11.0 Å². The number of hydrogen-bond acceptors (Lipinski definition) is 3. The van der Waals surface area contributed by atoms with Crippen LogP contribution in [0.1, 0.15) is 12.5 Å². The summed E-state index contributed by atoms with van der Waals surface area (Å²) in [6, 6.07) is 4.99. The van der Waals surface area contributed by atoms with Crippen molar-refractivity contribution >= 4 is 26.0 Å². The smallest absolute Gasteiger partial charge is 0.241 e. The lowest BCUT2D eigenvalue weighted by Crippen LogP contribution is -2.30. The molecular formula is C10H14BrNO3S. The highest BCUT2D eigenvalue weighted by atomic mass is 79.9. The zero-order valence-electron chi connectivity index (χ0n) is 9.07. The van der Waals surface area contributed by atoms with Crippen LogP contribution >= 0.6 is 15.9 Å². The van der Waals surface area contributed by atoms with Crippen molar-refractivity contribution in [3.05, 3.63) is 28.2 Å². The minimum absolute atomic E-state index is 0.00263. The maximum atomic E-state index is 11.8. The van der Waals surface area contributed by atoms with Crippen LogP contribution in [-0.4, -0.2) is 26.2 Å². The van der Waals surface area contributed by atoms with Crippen LogP contribution in [0.5, 0.6) is 0 Å². The van der Waals surface area contributed by atoms with Gasteiger partial charge >= 0.3 is 0 Å². The van der Waals surface area contributed by atoms with Crippen molar-refractivity contribution in [2.45, 2.75) is 24.8 Å². The average Bonchev–Trinajstić information content (AvgIpc) is 2.14. The van der Waals surface area contributed by atoms with Gasteiger partial charge in [0.05, 0.1) is 11.0 Å². The van der Waals surface area contributed by atoms with Crippen LogP contribution in [0.2, 0.25) is 0 Å². The van der Waals surface area contributed by atoms with Crippen molar-refractivity contribution in [2.75, 3.05) is 6.54 Å². The van der Waals surface area contributed by atoms with Gasteiger partial charge in [0.1, 0.15) is 0 Å². The second kappa shape index (κ2) is 5.27. The van der Waals surface area contributed by atoms with E-state index in [1.165, 1.54) is 13.0 Å². The number of benzene rings is 1. The molecule has 4 nitrogen and oxygen atoms in total. The molecule has 1 rings (SSSR count). The molecule has 0 radical (unpaired) electrons. The van der Waals surface area contributed by atoms with Crippen molar-refractivity contribution < 1.29 is 13.5 Å². The first-order chi connectivity index (χ1) is 7.33. The van der Waals surface area contributed by atoms with Crippen molar-refractivity contribution in [3.8, 4) is 0 Å². The first-order valence-electron chi connectivity index (χ1n) is 4.77. The topological polar surface area (TPSA) is 66.4 Å². The Labute approximate surface area is 104 Å². The predicted octanol–water partition coefficient (Wildman–Crippen LogP) is 1.42. The first-order valence-corrected chi connectivity index (χ1v) is 7.04. The van der Waals surface area contributed by atoms with Crippen LogP contribution in [0.4, 0.5) is 0 Å². The van der Waals surface area contributed by atoms with E-state index in [0.29, 0.717) is 4.47 Å². The molecule has 0 bridgehead atoms. The normalized spacial score (nSPS) is 13.8. The molecule has 0 aromatic heterocycles. The lowest BCUT2D eigenvalue weighted by molar-refractivity contribution is 0.198. The van der Waals surface area contributed by atoms with Gasteiger partial charge in [-0.2, -0.15) is 0 Å². The van der Waals surface area contributed by atoms with E-state index in [0.717, 1.165) is 5.56 Å². The summed E-state index contributed by atoms with van der Waals surface area (Å²) < 4.78 is 26.5. The molecule has 0 aliphatic rings. The summed E-state index contributed by atoms with van der Waals surface area (Å²) >= 11 is 3.21. The molecule has 0 saturated heterocycles. The number of nitrogens with one attached hydrogen (secondary N) is 1. The largest absolute Gasteiger partial charge is 0.392 e. The Kier molecular flexibility index (Phi) is 4.49. The molecule has 0 aliphatic heterocycles. The number of aliphatic hydroxyl groups is 1. The first kappa shape index (κ1) is 13.6. The highest BCUT2D eigenvalue weighted by molar-refractivity contribution is 9.10. The van der Waals surface area contributed by atoms with Crippen molar-refractivity contribution in [1.29, 1.82) is 0 Å². The Bertz CT molecular complexity index is 471. The molecule has 0 spiro atoms. The molecule has 2 N–H and O–H groups in total. The number of aliphatic hydroxyl groups excluding tert-OH is 1. The fourth-order valence-electron chi connectivity index (χ4n) is 1.13. The highest BCUT2D eigenvalue weighted by Gasteiger charge is 2.17. The summed E-state index contributed by atoms with van der Waals surface area (Å²) in [5.41, 5.74) is 0.973. The maximum absolute atomic E-state index is 11.8. The fraction of sp³-hybridized carbons (Fsp3) is 0.400. The number of sulfonamides is 1. The summed E-state index contributed by atoms with van der Waals surface area (Å²) in [5.74, 6) is 0. The maximum Gasteiger partial charge on any atom is 0.241 e. The lowest BCUT2D eigenvalue weighted by Gasteiger charge is -2.10. The summed E-state index contributed by atoms with van der Waals surface area (Å²) in [6.45, 7) is 3.40. The van der Waals surface area contributed by atoms with Crippen LogP contribution in [-0.2, 0) is 10.0 Å². The van der Waals surface area contributed by atoms with Gasteiger partial charge in [-0.15, -0.1) is 0 Å². The molecule has 0 heterocycles. The van der Waals surface area contributed by atoms with Gasteiger partial charge in [-0.25, -0.2) is 13.1 Å². The number of rotatable bonds is 4. The van der Waals surface area contributed by atoms with E-state index in [-0.39, 0.29) is 11.4 Å². The highest BCUT2D eigenvalue weighted by Crippen LogP contribution is 2.22. The zero-order valence-corrected chi connectivity index (χ0v) is 11.5. The van der Waals surface area contributed by atoms with E-state index in [2.05, 4.69) is 20.7 Å². The SMILES string of the molecule is Cc1ccc(S(=O)(=O)NCC(C)O)c(Br)c1. The Morgan fingerprint density at radius 1 is 1.50 bits per heavy atom. The summed E-state index contributed by atoms with van der Waals surface area (Å²) in [5, 5.41) is 9.04. The molecule has 0 fully saturated rings. The van der Waals surface area contributed by atoms with Gasteiger partial charge in [0.25, 0.3) is 0 Å². The number of halogens is 1. The van der Waals surface area contributed by atoms with Crippen molar-refractivity contribution in [1.82, 2.24) is 4.72 Å². The predicted molar refractivity (Wildman–Crippen MR) is 65.7 cm³/mol. The standard InChI is InChI=1S/C10H14BrNO3S/c1-7-3-4-10(9(11)5-7)16(14,15)12-6-8(2)13/h3-5,8,12-13H,6H2,1-2H3. The van der Waals surface area contributed by atoms with Gasteiger partial charge < -0.3 is 5.11 Å². The Morgan fingerprint density at radius 2 is 2.12 bits per heavy atom. The monoisotopic (exact) mass is 307 g/mol. The summed E-state index contributed by atoms with van der Waals surface area (Å²) in [4.78, 5) is 0.179. The van der Waals surface area contributed by atoms with E-state index in [1.54, 1.807) is 12.1 Å². The minimum Gasteiger partial charge on any atom is -0.392 e. The molecule has 0 amide bonds. The lowest BCUT2D eigenvalue weighted by atomic mass is 10.2. The number of hydrogen-bond donors (Lipinski definition) is 2. The Balaban J connectivity index is 2.99. The van der Waals surface area contributed by atoms with E-state index in [9.17, 15) is 8.42 Å². The van der Waals surface area contributed by atoms with E-state index in [4.69, 9.17) is 5.11 Å². The zero-order chi connectivity index (χ0) is 12.3. The molecule has 16 heavy (non-hydrogen) atoms. The Morgan fingerprint density at radius 3 is 2.62 bits per heavy atom. The van der Waals surface area contributed by atoms with Crippen LogP contribution in [0, 0.1) is 6.92 Å². The molecule has 1 atom stereocenters. The van der Waals surface area contributed by atoms with Crippen LogP contribution in [0.25, 0.3) is 0 Å². The molecule has 1 aromatic rings. The van der Waals surface area contributed by atoms with Crippen molar-refractivity contribution in [3.63, 3.8) is 0 Å². The van der Waals surface area contributed by atoms with Gasteiger partial charge in [0.15, 0.2) is 0 Å². The second-order valence-electron chi connectivity index (χ2n) is 3.63. The summed E-state index contributed by atoms with van der Waals surface area (Å²) in [6.07, 6.45) is -0.709. The van der Waals surface area contributed by atoms with Crippen LogP contribution < -0.4 is 4.72 Å². The average molecular weight is 308 g/mol. The molecule has 0 saturated carbocycles. The fourth-order valence-corrected chi connectivity index (χ4v) is 3.44. The number of aryl methyl sites for hydroxylation is 1. The van der Waals surface area contributed by atoms with Crippen LogP contribution in [0.15, 0.2) is 27.6 Å². The quantitative estimate of drug-likeness (QED) is 0.884. The molecular weight excluding hydrogens is 294 g/mol. The van der Waals surface area contributed by atoms with E-state index >= 15 is 0 Å². The molecule has 0 aliphatic carbocycles. The van der Waals surface area contributed by atoms with E-state index < -0.39 is 16.1 Å². The summed E-state index contributed by atoms with van der Waals surface area (Å²) in [7, 11) is -3.56. The van der Waals surface area contributed by atoms with Gasteiger partial charge in [-0.3, -0.25) is 0 Å². The molecule has 90 valence electrons. The molecule has 6 heteroatoms. The van der Waals surface area contributed by atoms with Crippen molar-refractivity contribution in [2.24, 2.45) is 0 Å². The van der Waals surface area contributed by atoms with Crippen LogP contribution in [0.3, 0.4) is 0 Å². The third-order valence-electron chi connectivity index (χ3n) is 1.95. The second-order valence-corrected chi connectivity index (χ2v) is 6.22. The minimum atomic E-state index is -3.56. The molecule has 1 aromatic carbocycles. The van der Waals surface area contributed by atoms with Gasteiger partial charge in [-0.05, 0) is 47.5 Å². The van der Waals surface area contributed by atoms with Gasteiger partial charge in [-0.1, -0.05) is 6.07 Å². The third kappa shape index (κ3) is 3.55. The van der Waals surface area contributed by atoms with Gasteiger partial charge in [0.2, 0.25) is 10.0 Å². The molecule has 1 unspecified atom stereocenters. The Hall–Kier alpha value is -0.430. The third-order valence-corrected chi connectivity index (χ3v) is 4.35.